The van der Waals surface area contributed by atoms with Crippen molar-refractivity contribution >= 4 is 27.6 Å². The minimum atomic E-state index is -3.97. The summed E-state index contributed by atoms with van der Waals surface area (Å²) in [4.78, 5) is 37.6. The van der Waals surface area contributed by atoms with Crippen molar-refractivity contribution in [2.75, 3.05) is 14.2 Å². The molecule has 0 aromatic heterocycles. The van der Waals surface area contributed by atoms with Gasteiger partial charge in [0.15, 0.2) is 21.0 Å². The molecule has 0 heterocycles. The molecule has 28 heavy (non-hydrogen) atoms. The first-order valence-corrected chi connectivity index (χ1v) is 10.4. The first kappa shape index (κ1) is 20.3. The number of sulfone groups is 1. The average Bonchev–Trinajstić information content (AvgIpc) is 2.99. The molecule has 2 atom stereocenters. The fraction of sp³-hybridized carbons (Fsp3) is 0.450. The Hall–Kier alpha value is -2.48. The number of hydrogen-bond acceptors (Lipinski definition) is 7. The van der Waals surface area contributed by atoms with Crippen molar-refractivity contribution in [3.8, 4) is 0 Å². The zero-order valence-electron chi connectivity index (χ0n) is 15.9. The Morgan fingerprint density at radius 2 is 1.64 bits per heavy atom. The number of methoxy groups -OCH3 is 2. The third kappa shape index (κ3) is 2.96. The smallest absolute Gasteiger partial charge is 0.323 e. The van der Waals surface area contributed by atoms with Crippen LogP contribution in [0, 0.1) is 10.8 Å². The Labute approximate surface area is 163 Å². The largest absolute Gasteiger partial charge is 0.468 e. The summed E-state index contributed by atoms with van der Waals surface area (Å²) < 4.78 is 36.6. The quantitative estimate of drug-likeness (QED) is 0.555. The number of fused-ring (bicyclic) bond motifs is 1. The molecule has 150 valence electrons. The number of rotatable bonds is 4. The van der Waals surface area contributed by atoms with Gasteiger partial charge in [-0.3, -0.25) is 14.4 Å². The van der Waals surface area contributed by atoms with Gasteiger partial charge in [-0.25, -0.2) is 8.42 Å². The maximum Gasteiger partial charge on any atom is 0.323 e. The molecular weight excluding hydrogens is 384 g/mol. The summed E-state index contributed by atoms with van der Waals surface area (Å²) >= 11 is 0. The maximum absolute atomic E-state index is 13.4. The van der Waals surface area contributed by atoms with Gasteiger partial charge in [0.1, 0.15) is 0 Å². The molecule has 8 heteroatoms. The van der Waals surface area contributed by atoms with E-state index in [0.717, 1.165) is 14.2 Å². The van der Waals surface area contributed by atoms with Gasteiger partial charge in [-0.05, 0) is 42.0 Å². The van der Waals surface area contributed by atoms with Gasteiger partial charge >= 0.3 is 11.9 Å². The number of ketones is 1. The molecule has 0 bridgehead atoms. The van der Waals surface area contributed by atoms with Gasteiger partial charge in [0.05, 0.1) is 24.4 Å². The molecule has 0 spiro atoms. The fourth-order valence-electron chi connectivity index (χ4n) is 4.53. The number of esters is 2. The van der Waals surface area contributed by atoms with Crippen LogP contribution in [0.25, 0.3) is 0 Å². The molecule has 1 aromatic carbocycles. The van der Waals surface area contributed by atoms with Gasteiger partial charge in [-0.15, -0.1) is 0 Å². The highest BCUT2D eigenvalue weighted by Gasteiger charge is 2.62. The van der Waals surface area contributed by atoms with Crippen molar-refractivity contribution in [2.24, 2.45) is 10.8 Å². The summed E-state index contributed by atoms with van der Waals surface area (Å²) in [6.45, 7) is 1.71. The van der Waals surface area contributed by atoms with Crippen LogP contribution in [0.1, 0.15) is 26.2 Å². The lowest BCUT2D eigenvalue weighted by molar-refractivity contribution is -0.173. The Kier molecular flexibility index (Phi) is 4.95. The predicted molar refractivity (Wildman–Crippen MR) is 98.9 cm³/mol. The third-order valence-corrected chi connectivity index (χ3v) is 7.85. The molecule has 3 rings (SSSR count). The SMILES string of the molecule is COC(=O)C1(C(=O)OC)C[C@H](S(=O)(=O)c2ccccc2)C2=CC(=O)C[C@]2(C)C1. The van der Waals surface area contributed by atoms with Crippen molar-refractivity contribution in [1.82, 2.24) is 0 Å². The number of benzene rings is 1. The molecule has 0 aliphatic heterocycles. The zero-order chi connectivity index (χ0) is 20.7. The molecule has 1 fully saturated rings. The molecule has 0 amide bonds. The molecule has 2 aliphatic rings. The van der Waals surface area contributed by atoms with Gasteiger partial charge < -0.3 is 9.47 Å². The van der Waals surface area contributed by atoms with Gasteiger partial charge in [-0.2, -0.15) is 0 Å². The average molecular weight is 406 g/mol. The van der Waals surface area contributed by atoms with E-state index < -0.39 is 37.9 Å². The first-order chi connectivity index (χ1) is 13.1. The lowest BCUT2D eigenvalue weighted by Gasteiger charge is -2.45. The van der Waals surface area contributed by atoms with Crippen molar-refractivity contribution in [3.63, 3.8) is 0 Å². The van der Waals surface area contributed by atoms with Gasteiger partial charge in [-0.1, -0.05) is 25.1 Å². The summed E-state index contributed by atoms with van der Waals surface area (Å²) in [5.74, 6) is -1.93. The van der Waals surface area contributed by atoms with Crippen LogP contribution in [0.5, 0.6) is 0 Å². The molecule has 2 aliphatic carbocycles. The maximum atomic E-state index is 13.4. The Balaban J connectivity index is 2.22. The van der Waals surface area contributed by atoms with Gasteiger partial charge in [0.2, 0.25) is 0 Å². The highest BCUT2D eigenvalue weighted by Crippen LogP contribution is 2.57. The summed E-state index contributed by atoms with van der Waals surface area (Å²) in [7, 11) is -1.69. The van der Waals surface area contributed by atoms with E-state index in [1.54, 1.807) is 25.1 Å². The standard InChI is InChI=1S/C20H22O7S/c1-19-10-13(21)9-15(19)16(28(24,25)14-7-5-4-6-8-14)11-20(12-19,17(22)26-2)18(23)27-3/h4-9,16H,10-12H2,1-3H3/t16-,19+/m0/s1. The number of ether oxygens (including phenoxy) is 2. The van der Waals surface area contributed by atoms with Crippen molar-refractivity contribution in [2.45, 2.75) is 36.3 Å². The van der Waals surface area contributed by atoms with E-state index in [0.29, 0.717) is 5.57 Å². The van der Waals surface area contributed by atoms with E-state index in [1.165, 1.54) is 18.2 Å². The van der Waals surface area contributed by atoms with E-state index >= 15 is 0 Å². The Morgan fingerprint density at radius 3 is 2.18 bits per heavy atom. The number of allylic oxidation sites excluding steroid dienone is 1. The van der Waals surface area contributed by atoms with Crippen LogP contribution in [0.15, 0.2) is 46.9 Å². The van der Waals surface area contributed by atoms with Gasteiger partial charge in [0, 0.05) is 6.42 Å². The third-order valence-electron chi connectivity index (χ3n) is 5.75. The minimum Gasteiger partial charge on any atom is -0.468 e. The van der Waals surface area contributed by atoms with E-state index in [4.69, 9.17) is 9.47 Å². The minimum absolute atomic E-state index is 0.0267. The second kappa shape index (κ2) is 6.84. The molecule has 1 aromatic rings. The summed E-state index contributed by atoms with van der Waals surface area (Å²) in [6, 6.07) is 7.79. The monoisotopic (exact) mass is 406 g/mol. The van der Waals surface area contributed by atoms with E-state index in [-0.39, 0.29) is 29.9 Å². The van der Waals surface area contributed by atoms with Crippen molar-refractivity contribution in [1.29, 1.82) is 0 Å². The highest BCUT2D eigenvalue weighted by molar-refractivity contribution is 7.92. The fourth-order valence-corrected chi connectivity index (χ4v) is 6.59. The Bertz CT molecular complexity index is 946. The van der Waals surface area contributed by atoms with Gasteiger partial charge in [0.25, 0.3) is 0 Å². The van der Waals surface area contributed by atoms with Crippen molar-refractivity contribution < 1.29 is 32.3 Å². The lowest BCUT2D eigenvalue weighted by Crippen LogP contribution is -2.53. The highest BCUT2D eigenvalue weighted by atomic mass is 32.2. The van der Waals surface area contributed by atoms with Crippen LogP contribution < -0.4 is 0 Å². The predicted octanol–water partition coefficient (Wildman–Crippen LogP) is 1.86. The summed E-state index contributed by atoms with van der Waals surface area (Å²) in [6.07, 6.45) is 0.999. The van der Waals surface area contributed by atoms with Crippen molar-refractivity contribution in [3.05, 3.63) is 42.0 Å². The topological polar surface area (TPSA) is 104 Å². The molecule has 0 saturated heterocycles. The van der Waals surface area contributed by atoms with E-state index in [2.05, 4.69) is 0 Å². The number of hydrogen-bond donors (Lipinski definition) is 0. The summed E-state index contributed by atoms with van der Waals surface area (Å²) in [5.41, 5.74) is -2.32. The molecule has 7 nitrogen and oxygen atoms in total. The number of carbonyl (C=O) groups is 3. The Morgan fingerprint density at radius 1 is 1.07 bits per heavy atom. The van der Waals surface area contributed by atoms with Crippen LogP contribution in [-0.2, 0) is 33.7 Å². The molecule has 0 unspecified atom stereocenters. The van der Waals surface area contributed by atoms with E-state index in [9.17, 15) is 22.8 Å². The van der Waals surface area contributed by atoms with Crippen LogP contribution >= 0.6 is 0 Å². The summed E-state index contributed by atoms with van der Waals surface area (Å²) in [5, 5.41) is -1.21. The molecular formula is C20H22O7S. The normalized spacial score (nSPS) is 26.2. The lowest BCUT2D eigenvalue weighted by atomic mass is 9.60. The molecule has 0 radical (unpaired) electrons. The van der Waals surface area contributed by atoms with Crippen LogP contribution in [0.2, 0.25) is 0 Å². The zero-order valence-corrected chi connectivity index (χ0v) is 16.7. The van der Waals surface area contributed by atoms with Crippen LogP contribution in [-0.4, -0.2) is 45.6 Å². The van der Waals surface area contributed by atoms with Crippen LogP contribution in [0.3, 0.4) is 0 Å². The molecule has 0 N–H and O–H groups in total. The number of carbonyl (C=O) groups excluding carboxylic acids is 3. The van der Waals surface area contributed by atoms with E-state index in [1.807, 2.05) is 0 Å². The van der Waals surface area contributed by atoms with Crippen LogP contribution in [0.4, 0.5) is 0 Å². The second-order valence-electron chi connectivity index (χ2n) is 7.60. The first-order valence-electron chi connectivity index (χ1n) is 8.81. The molecule has 1 saturated carbocycles. The second-order valence-corrected chi connectivity index (χ2v) is 9.73.